The van der Waals surface area contributed by atoms with E-state index in [1.807, 2.05) is 19.1 Å². The van der Waals surface area contributed by atoms with Crippen molar-refractivity contribution in [2.24, 2.45) is 0 Å². The summed E-state index contributed by atoms with van der Waals surface area (Å²) in [4.78, 5) is 14.1. The maximum atomic E-state index is 12.8. The topological polar surface area (TPSA) is 70.8 Å². The Bertz CT molecular complexity index is 953. The van der Waals surface area contributed by atoms with E-state index < -0.39 is 10.0 Å². The highest BCUT2D eigenvalue weighted by molar-refractivity contribution is 7.89. The number of hydrogen-bond acceptors (Lipinski definition) is 4. The van der Waals surface area contributed by atoms with Crippen molar-refractivity contribution in [2.75, 3.05) is 20.1 Å². The second-order valence-corrected chi connectivity index (χ2v) is 9.37. The third-order valence-corrected chi connectivity index (χ3v) is 6.98. The summed E-state index contributed by atoms with van der Waals surface area (Å²) >= 11 is 0. The third kappa shape index (κ3) is 5.58. The average molecular weight is 417 g/mol. The number of nitrogens with zero attached hydrogens (tertiary/aromatic N) is 2. The minimum Gasteiger partial charge on any atom is -0.464 e. The number of benzene rings is 1. The molecule has 2 heterocycles. The van der Waals surface area contributed by atoms with Crippen LogP contribution in [0.5, 0.6) is 0 Å². The molecule has 1 aliphatic rings. The summed E-state index contributed by atoms with van der Waals surface area (Å²) in [6.45, 7) is 3.42. The number of furan rings is 1. The standard InChI is InChI=1S/C22H28N2O4S/c1-18-7-11-20(28-18)17-23(2)22(25)14-10-19-8-12-21(13-9-19)29(26,27)24-15-5-3-4-6-16-24/h7-14H,3-6,15-17H2,1-2H3/b14-10+. The summed E-state index contributed by atoms with van der Waals surface area (Å²) in [5.41, 5.74) is 0.774. The van der Waals surface area contributed by atoms with Crippen LogP contribution in [0.3, 0.4) is 0 Å². The zero-order valence-electron chi connectivity index (χ0n) is 17.0. The summed E-state index contributed by atoms with van der Waals surface area (Å²) in [5, 5.41) is 0. The Hall–Kier alpha value is -2.38. The molecule has 1 aromatic carbocycles. The molecular formula is C22H28N2O4S. The van der Waals surface area contributed by atoms with E-state index in [-0.39, 0.29) is 5.91 Å². The second-order valence-electron chi connectivity index (χ2n) is 7.43. The van der Waals surface area contributed by atoms with Crippen LogP contribution in [0.1, 0.15) is 42.8 Å². The Kier molecular flexibility index (Phi) is 6.92. The first-order chi connectivity index (χ1) is 13.9. The van der Waals surface area contributed by atoms with Crippen LogP contribution in [0.4, 0.5) is 0 Å². The molecule has 0 saturated carbocycles. The average Bonchev–Trinajstić information content (AvgIpc) is 2.94. The van der Waals surface area contributed by atoms with Crippen LogP contribution in [-0.2, 0) is 21.4 Å². The largest absolute Gasteiger partial charge is 0.464 e. The van der Waals surface area contributed by atoms with Gasteiger partial charge < -0.3 is 9.32 Å². The number of likely N-dealkylation sites (N-methyl/N-ethyl adjacent to an activating group) is 1. The van der Waals surface area contributed by atoms with Gasteiger partial charge in [-0.25, -0.2) is 8.42 Å². The molecule has 156 valence electrons. The number of aryl methyl sites for hydroxylation is 1. The lowest BCUT2D eigenvalue weighted by Gasteiger charge is -2.19. The molecule has 1 aromatic heterocycles. The Balaban J connectivity index is 1.62. The monoisotopic (exact) mass is 416 g/mol. The normalized spacial score (nSPS) is 16.1. The smallest absolute Gasteiger partial charge is 0.246 e. The van der Waals surface area contributed by atoms with Crippen LogP contribution in [-0.4, -0.2) is 43.7 Å². The quantitative estimate of drug-likeness (QED) is 0.671. The molecule has 1 amide bonds. The number of hydrogen-bond donors (Lipinski definition) is 0. The second kappa shape index (κ2) is 9.41. The van der Waals surface area contributed by atoms with Crippen LogP contribution >= 0.6 is 0 Å². The van der Waals surface area contributed by atoms with Crippen LogP contribution < -0.4 is 0 Å². The highest BCUT2D eigenvalue weighted by atomic mass is 32.2. The third-order valence-electron chi connectivity index (χ3n) is 5.07. The van der Waals surface area contributed by atoms with Gasteiger partial charge in [0.05, 0.1) is 11.4 Å². The Labute approximate surface area is 172 Å². The number of carbonyl (C=O) groups is 1. The first kappa shape index (κ1) is 21.3. The van der Waals surface area contributed by atoms with Crippen molar-refractivity contribution in [2.45, 2.75) is 44.0 Å². The van der Waals surface area contributed by atoms with Crippen LogP contribution in [0, 0.1) is 6.92 Å². The summed E-state index contributed by atoms with van der Waals surface area (Å²) in [6, 6.07) is 10.4. The molecule has 1 fully saturated rings. The first-order valence-corrected chi connectivity index (χ1v) is 11.4. The van der Waals surface area contributed by atoms with Gasteiger partial charge in [-0.15, -0.1) is 0 Å². The van der Waals surface area contributed by atoms with Gasteiger partial charge in [-0.2, -0.15) is 4.31 Å². The Morgan fingerprint density at radius 2 is 1.72 bits per heavy atom. The van der Waals surface area contributed by atoms with Gasteiger partial charge in [-0.05, 0) is 55.7 Å². The number of amides is 1. The molecule has 6 nitrogen and oxygen atoms in total. The van der Waals surface area contributed by atoms with Crippen molar-refractivity contribution in [1.29, 1.82) is 0 Å². The van der Waals surface area contributed by atoms with Gasteiger partial charge in [0, 0.05) is 26.2 Å². The first-order valence-electron chi connectivity index (χ1n) is 9.95. The van der Waals surface area contributed by atoms with Crippen molar-refractivity contribution in [1.82, 2.24) is 9.21 Å². The maximum Gasteiger partial charge on any atom is 0.246 e. The zero-order chi connectivity index (χ0) is 20.9. The Morgan fingerprint density at radius 3 is 2.31 bits per heavy atom. The molecule has 3 rings (SSSR count). The summed E-state index contributed by atoms with van der Waals surface area (Å²) < 4.78 is 32.7. The summed E-state index contributed by atoms with van der Waals surface area (Å²) in [5.74, 6) is 1.39. The van der Waals surface area contributed by atoms with Gasteiger partial charge in [0.1, 0.15) is 11.5 Å². The highest BCUT2D eigenvalue weighted by Gasteiger charge is 2.24. The van der Waals surface area contributed by atoms with Crippen molar-refractivity contribution < 1.29 is 17.6 Å². The molecule has 7 heteroatoms. The van der Waals surface area contributed by atoms with Crippen molar-refractivity contribution in [3.05, 3.63) is 59.6 Å². The molecule has 0 radical (unpaired) electrons. The van der Waals surface area contributed by atoms with Crippen molar-refractivity contribution in [3.63, 3.8) is 0 Å². The fourth-order valence-corrected chi connectivity index (χ4v) is 4.88. The van der Waals surface area contributed by atoms with Crippen LogP contribution in [0.2, 0.25) is 0 Å². The summed E-state index contributed by atoms with van der Waals surface area (Å²) in [6.07, 6.45) is 7.15. The van der Waals surface area contributed by atoms with Gasteiger partial charge in [0.25, 0.3) is 0 Å². The molecular weight excluding hydrogens is 388 g/mol. The number of sulfonamides is 1. The van der Waals surface area contributed by atoms with E-state index in [4.69, 9.17) is 4.42 Å². The highest BCUT2D eigenvalue weighted by Crippen LogP contribution is 2.21. The fourth-order valence-electron chi connectivity index (χ4n) is 3.36. The number of rotatable bonds is 6. The van der Waals surface area contributed by atoms with E-state index in [9.17, 15) is 13.2 Å². The van der Waals surface area contributed by atoms with Crippen molar-refractivity contribution in [3.8, 4) is 0 Å². The van der Waals surface area contributed by atoms with Crippen LogP contribution in [0.25, 0.3) is 6.08 Å². The van der Waals surface area contributed by atoms with E-state index in [0.717, 1.165) is 42.8 Å². The van der Waals surface area contributed by atoms with E-state index in [0.29, 0.717) is 24.5 Å². The number of carbonyl (C=O) groups excluding carboxylic acids is 1. The fraction of sp³-hybridized carbons (Fsp3) is 0.409. The molecule has 1 aliphatic heterocycles. The lowest BCUT2D eigenvalue weighted by Crippen LogP contribution is -2.31. The van der Waals surface area contributed by atoms with E-state index in [2.05, 4.69) is 0 Å². The molecule has 0 atom stereocenters. The van der Waals surface area contributed by atoms with Gasteiger partial charge in [-0.1, -0.05) is 25.0 Å². The Morgan fingerprint density at radius 1 is 1.07 bits per heavy atom. The van der Waals surface area contributed by atoms with E-state index >= 15 is 0 Å². The molecule has 2 aromatic rings. The molecule has 0 bridgehead atoms. The van der Waals surface area contributed by atoms with Gasteiger partial charge in [0.2, 0.25) is 15.9 Å². The lowest BCUT2D eigenvalue weighted by molar-refractivity contribution is -0.125. The lowest BCUT2D eigenvalue weighted by atomic mass is 10.2. The molecule has 0 unspecified atom stereocenters. The predicted octanol–water partition coefficient (Wildman–Crippen LogP) is 3.82. The molecule has 0 aliphatic carbocycles. The van der Waals surface area contributed by atoms with Gasteiger partial charge in [-0.3, -0.25) is 4.79 Å². The van der Waals surface area contributed by atoms with Gasteiger partial charge in [0.15, 0.2) is 0 Å². The predicted molar refractivity (Wildman–Crippen MR) is 113 cm³/mol. The summed E-state index contributed by atoms with van der Waals surface area (Å²) in [7, 11) is -1.75. The maximum absolute atomic E-state index is 12.8. The van der Waals surface area contributed by atoms with E-state index in [1.54, 1.807) is 46.6 Å². The zero-order valence-corrected chi connectivity index (χ0v) is 17.8. The molecule has 0 spiro atoms. The minimum absolute atomic E-state index is 0.152. The van der Waals surface area contributed by atoms with Gasteiger partial charge >= 0.3 is 0 Å². The SMILES string of the molecule is Cc1ccc(CN(C)C(=O)/C=C/c2ccc(S(=O)(=O)N3CCCCCC3)cc2)o1. The van der Waals surface area contributed by atoms with E-state index in [1.165, 1.54) is 6.08 Å². The van der Waals surface area contributed by atoms with Crippen LogP contribution in [0.15, 0.2) is 51.8 Å². The molecule has 1 saturated heterocycles. The minimum atomic E-state index is -3.46. The molecule has 29 heavy (non-hydrogen) atoms. The van der Waals surface area contributed by atoms with Crippen molar-refractivity contribution >= 4 is 22.0 Å². The molecule has 0 N–H and O–H groups in total.